The van der Waals surface area contributed by atoms with Gasteiger partial charge in [-0.05, 0) is 51.9 Å². The molecule has 0 aliphatic carbocycles. The minimum absolute atomic E-state index is 0.0722. The first-order valence-corrected chi connectivity index (χ1v) is 11.8. The van der Waals surface area contributed by atoms with E-state index in [-0.39, 0.29) is 30.0 Å². The minimum Gasteiger partial charge on any atom is -0.482 e. The summed E-state index contributed by atoms with van der Waals surface area (Å²) in [7, 11) is -3.70. The van der Waals surface area contributed by atoms with Crippen LogP contribution in [0.2, 0.25) is 0 Å². The van der Waals surface area contributed by atoms with Crippen LogP contribution in [0, 0.1) is 0 Å². The summed E-state index contributed by atoms with van der Waals surface area (Å²) >= 11 is 0. The summed E-state index contributed by atoms with van der Waals surface area (Å²) < 4.78 is 38.3. The lowest BCUT2D eigenvalue weighted by Gasteiger charge is -2.35. The number of ether oxygens (including phenoxy) is 2. The first-order valence-electron chi connectivity index (χ1n) is 10.3. The van der Waals surface area contributed by atoms with Gasteiger partial charge in [-0.3, -0.25) is 9.69 Å². The highest BCUT2D eigenvalue weighted by Gasteiger charge is 2.26. The molecule has 1 saturated heterocycles. The van der Waals surface area contributed by atoms with E-state index in [1.165, 1.54) is 18.2 Å². The maximum absolute atomic E-state index is 12.5. The molecule has 1 aromatic carbocycles. The largest absolute Gasteiger partial charge is 0.482 e. The Labute approximate surface area is 182 Å². The Kier molecular flexibility index (Phi) is 7.07. The molecule has 0 saturated carbocycles. The highest BCUT2D eigenvalue weighted by Crippen LogP contribution is 2.29. The lowest BCUT2D eigenvalue weighted by Crippen LogP contribution is -2.50. The lowest BCUT2D eigenvalue weighted by atomic mass is 10.2. The van der Waals surface area contributed by atoms with E-state index in [1.807, 2.05) is 20.8 Å². The fraction of sp³-hybridized carbons (Fsp3) is 0.600. The molecule has 0 atom stereocenters. The van der Waals surface area contributed by atoms with Crippen molar-refractivity contribution in [3.8, 4) is 5.75 Å². The van der Waals surface area contributed by atoms with E-state index in [2.05, 4.69) is 14.9 Å². The lowest BCUT2D eigenvalue weighted by molar-refractivity contribution is -0.118. The molecule has 0 unspecified atom stereocenters. The molecule has 0 spiro atoms. The highest BCUT2D eigenvalue weighted by molar-refractivity contribution is 7.89. The van der Waals surface area contributed by atoms with Gasteiger partial charge in [0.25, 0.3) is 5.91 Å². The number of piperazine rings is 1. The van der Waals surface area contributed by atoms with Crippen molar-refractivity contribution >= 4 is 27.7 Å². The van der Waals surface area contributed by atoms with Gasteiger partial charge in [-0.2, -0.15) is 0 Å². The number of rotatable bonds is 6. The number of nitrogens with one attached hydrogen (secondary N) is 2. The van der Waals surface area contributed by atoms with Crippen molar-refractivity contribution in [3.05, 3.63) is 18.2 Å². The van der Waals surface area contributed by atoms with Gasteiger partial charge in [0, 0.05) is 32.7 Å². The molecule has 1 fully saturated rings. The van der Waals surface area contributed by atoms with Gasteiger partial charge in [-0.25, -0.2) is 17.9 Å². The minimum atomic E-state index is -3.70. The van der Waals surface area contributed by atoms with Gasteiger partial charge < -0.3 is 19.7 Å². The number of hydrogen-bond donors (Lipinski definition) is 2. The Bertz CT molecular complexity index is 920. The van der Waals surface area contributed by atoms with Gasteiger partial charge in [0.2, 0.25) is 10.0 Å². The molecule has 2 N–H and O–H groups in total. The van der Waals surface area contributed by atoms with Crippen LogP contribution in [-0.2, 0) is 19.6 Å². The summed E-state index contributed by atoms with van der Waals surface area (Å²) in [4.78, 5) is 27.5. The van der Waals surface area contributed by atoms with Crippen LogP contribution in [0.25, 0.3) is 0 Å². The van der Waals surface area contributed by atoms with E-state index in [0.717, 1.165) is 19.6 Å². The zero-order valence-electron chi connectivity index (χ0n) is 18.1. The molecule has 2 aliphatic heterocycles. The van der Waals surface area contributed by atoms with Crippen LogP contribution in [0.4, 0.5) is 10.5 Å². The Morgan fingerprint density at radius 3 is 2.61 bits per heavy atom. The van der Waals surface area contributed by atoms with Crippen molar-refractivity contribution in [1.29, 1.82) is 0 Å². The number of fused-ring (bicyclic) bond motifs is 1. The molecule has 10 nitrogen and oxygen atoms in total. The summed E-state index contributed by atoms with van der Waals surface area (Å²) in [5.74, 6) is 0.130. The van der Waals surface area contributed by atoms with E-state index in [0.29, 0.717) is 30.9 Å². The fourth-order valence-corrected chi connectivity index (χ4v) is 4.40. The van der Waals surface area contributed by atoms with Gasteiger partial charge in [0.1, 0.15) is 11.4 Å². The zero-order valence-corrected chi connectivity index (χ0v) is 19.0. The standard InChI is InChI=1S/C20H30N4O6S/c1-20(2,3)30-19(26)24-11-9-23(10-12-24)8-4-7-21-31(27,28)15-5-6-17-16(13-15)22-18(25)14-29-17/h5-6,13,21H,4,7-12,14H2,1-3H3,(H,22,25). The van der Waals surface area contributed by atoms with Crippen LogP contribution >= 0.6 is 0 Å². The summed E-state index contributed by atoms with van der Waals surface area (Å²) in [6.07, 6.45) is 0.336. The van der Waals surface area contributed by atoms with Gasteiger partial charge in [0.05, 0.1) is 10.6 Å². The zero-order chi connectivity index (χ0) is 22.6. The van der Waals surface area contributed by atoms with E-state index < -0.39 is 15.6 Å². The van der Waals surface area contributed by atoms with Crippen LogP contribution in [0.1, 0.15) is 27.2 Å². The normalized spacial score (nSPS) is 17.5. The second-order valence-electron chi connectivity index (χ2n) is 8.56. The number of benzene rings is 1. The monoisotopic (exact) mass is 454 g/mol. The van der Waals surface area contributed by atoms with Gasteiger partial charge >= 0.3 is 6.09 Å². The Hall–Kier alpha value is -2.37. The third-order valence-corrected chi connectivity index (χ3v) is 6.32. The van der Waals surface area contributed by atoms with Crippen molar-refractivity contribution in [3.63, 3.8) is 0 Å². The second kappa shape index (κ2) is 9.41. The summed E-state index contributed by atoms with van der Waals surface area (Å²) in [5.41, 5.74) is -0.163. The molecule has 172 valence electrons. The third kappa shape index (κ3) is 6.55. The first-order chi connectivity index (χ1) is 14.5. The van der Waals surface area contributed by atoms with Crippen LogP contribution in [0.5, 0.6) is 5.75 Å². The average Bonchev–Trinajstić information content (AvgIpc) is 2.70. The van der Waals surface area contributed by atoms with Crippen molar-refractivity contribution in [2.45, 2.75) is 37.7 Å². The number of carbonyl (C=O) groups excluding carboxylic acids is 2. The Morgan fingerprint density at radius 1 is 1.23 bits per heavy atom. The molecule has 0 bridgehead atoms. The Balaban J connectivity index is 1.41. The van der Waals surface area contributed by atoms with Crippen molar-refractivity contribution in [1.82, 2.24) is 14.5 Å². The number of nitrogens with zero attached hydrogens (tertiary/aromatic N) is 2. The van der Waals surface area contributed by atoms with Gasteiger partial charge in [0.15, 0.2) is 6.61 Å². The molecule has 2 aliphatic rings. The van der Waals surface area contributed by atoms with E-state index in [4.69, 9.17) is 9.47 Å². The summed E-state index contributed by atoms with van der Waals surface area (Å²) in [6.45, 7) is 9.07. The molecule has 3 rings (SSSR count). The van der Waals surface area contributed by atoms with E-state index in [9.17, 15) is 18.0 Å². The molecule has 1 aromatic rings. The third-order valence-electron chi connectivity index (χ3n) is 4.86. The van der Waals surface area contributed by atoms with Gasteiger partial charge in [-0.15, -0.1) is 0 Å². The van der Waals surface area contributed by atoms with Gasteiger partial charge in [-0.1, -0.05) is 0 Å². The predicted molar refractivity (Wildman–Crippen MR) is 115 cm³/mol. The van der Waals surface area contributed by atoms with Crippen molar-refractivity contribution in [2.24, 2.45) is 0 Å². The Morgan fingerprint density at radius 2 is 1.94 bits per heavy atom. The second-order valence-corrected chi connectivity index (χ2v) is 10.3. The number of anilines is 1. The molecule has 31 heavy (non-hydrogen) atoms. The van der Waals surface area contributed by atoms with Crippen molar-refractivity contribution in [2.75, 3.05) is 51.2 Å². The SMILES string of the molecule is CC(C)(C)OC(=O)N1CCN(CCCNS(=O)(=O)c2ccc3c(c2)NC(=O)CO3)CC1. The molecule has 0 aromatic heterocycles. The van der Waals surface area contributed by atoms with Crippen LogP contribution in [0.3, 0.4) is 0 Å². The number of carbonyl (C=O) groups is 2. The maximum atomic E-state index is 12.5. The van der Waals surface area contributed by atoms with Crippen LogP contribution in [0.15, 0.2) is 23.1 Å². The van der Waals surface area contributed by atoms with E-state index >= 15 is 0 Å². The number of sulfonamides is 1. The summed E-state index contributed by atoms with van der Waals surface area (Å²) in [5, 5.41) is 2.61. The number of amides is 2. The molecule has 0 radical (unpaired) electrons. The van der Waals surface area contributed by atoms with E-state index in [1.54, 1.807) is 4.90 Å². The quantitative estimate of drug-likeness (QED) is 0.621. The maximum Gasteiger partial charge on any atom is 0.410 e. The average molecular weight is 455 g/mol. The summed E-state index contributed by atoms with van der Waals surface area (Å²) in [6, 6.07) is 4.38. The van der Waals surface area contributed by atoms with Crippen LogP contribution in [-0.4, -0.2) is 81.7 Å². The number of hydrogen-bond acceptors (Lipinski definition) is 7. The highest BCUT2D eigenvalue weighted by atomic mass is 32.2. The smallest absolute Gasteiger partial charge is 0.410 e. The topological polar surface area (TPSA) is 117 Å². The fourth-order valence-electron chi connectivity index (χ4n) is 3.30. The molecule has 2 heterocycles. The molecular formula is C20H30N4O6S. The van der Waals surface area contributed by atoms with Crippen molar-refractivity contribution < 1.29 is 27.5 Å². The predicted octanol–water partition coefficient (Wildman–Crippen LogP) is 1.24. The molecule has 11 heteroatoms. The molecule has 2 amide bonds. The first kappa shape index (κ1) is 23.3. The molecular weight excluding hydrogens is 424 g/mol. The van der Waals surface area contributed by atoms with Crippen LogP contribution < -0.4 is 14.8 Å².